The summed E-state index contributed by atoms with van der Waals surface area (Å²) in [5.41, 5.74) is 1.69. The van der Waals surface area contributed by atoms with Crippen LogP contribution in [0.3, 0.4) is 0 Å². The Hall–Kier alpha value is -2.68. The quantitative estimate of drug-likeness (QED) is 0.355. The number of esters is 1. The lowest BCUT2D eigenvalue weighted by Crippen LogP contribution is -2.44. The summed E-state index contributed by atoms with van der Waals surface area (Å²) in [5.74, 6) is -0.129. The van der Waals surface area contributed by atoms with E-state index in [0.717, 1.165) is 24.8 Å². The van der Waals surface area contributed by atoms with Crippen molar-refractivity contribution in [1.82, 2.24) is 0 Å². The van der Waals surface area contributed by atoms with Crippen LogP contribution < -0.4 is 0 Å². The fraction of sp³-hybridized carbons (Fsp3) is 0.360. The fourth-order valence-corrected chi connectivity index (χ4v) is 3.74. The van der Waals surface area contributed by atoms with E-state index in [1.54, 1.807) is 6.08 Å². The Bertz CT molecular complexity index is 826. The number of carbonyl (C=O) groups is 2. The summed E-state index contributed by atoms with van der Waals surface area (Å²) in [6.07, 6.45) is 7.17. The molecule has 0 N–H and O–H groups in total. The molecule has 1 aliphatic rings. The largest absolute Gasteiger partial charge is 0.447 e. The van der Waals surface area contributed by atoms with Crippen molar-refractivity contribution in [2.24, 2.45) is 0 Å². The van der Waals surface area contributed by atoms with Gasteiger partial charge in [0.25, 0.3) is 0 Å². The lowest BCUT2D eigenvalue weighted by atomic mass is 9.79. The Morgan fingerprint density at radius 2 is 1.57 bits per heavy atom. The van der Waals surface area contributed by atoms with Gasteiger partial charge in [-0.1, -0.05) is 74.9 Å². The predicted molar refractivity (Wildman–Crippen MR) is 112 cm³/mol. The highest BCUT2D eigenvalue weighted by Crippen LogP contribution is 2.35. The molecular formula is C25H28O3. The van der Waals surface area contributed by atoms with Crippen LogP contribution >= 0.6 is 0 Å². The van der Waals surface area contributed by atoms with Gasteiger partial charge in [0.1, 0.15) is 0 Å². The number of benzene rings is 2. The topological polar surface area (TPSA) is 43.4 Å². The molecule has 0 amide bonds. The lowest BCUT2D eigenvalue weighted by Gasteiger charge is -2.35. The zero-order valence-electron chi connectivity index (χ0n) is 16.7. The summed E-state index contributed by atoms with van der Waals surface area (Å²) in [7, 11) is 0. The SMILES string of the molecule is CC(C)c1ccc(C(=O)C2(OC(=O)C=Cc3ccccc3)CCCCC2)cc1. The molecule has 0 unspecified atom stereocenters. The molecule has 0 aliphatic heterocycles. The van der Waals surface area contributed by atoms with E-state index in [0.29, 0.717) is 24.3 Å². The maximum Gasteiger partial charge on any atom is 0.331 e. The van der Waals surface area contributed by atoms with Crippen molar-refractivity contribution in [3.8, 4) is 0 Å². The molecule has 0 saturated heterocycles. The third-order valence-electron chi connectivity index (χ3n) is 5.42. The van der Waals surface area contributed by atoms with Gasteiger partial charge in [0.15, 0.2) is 5.60 Å². The van der Waals surface area contributed by atoms with Crippen molar-refractivity contribution >= 4 is 17.8 Å². The van der Waals surface area contributed by atoms with Gasteiger partial charge in [0, 0.05) is 11.6 Å². The predicted octanol–water partition coefficient (Wildman–Crippen LogP) is 5.95. The van der Waals surface area contributed by atoms with Crippen LogP contribution in [0.2, 0.25) is 0 Å². The van der Waals surface area contributed by atoms with Crippen LogP contribution in [0.5, 0.6) is 0 Å². The zero-order valence-corrected chi connectivity index (χ0v) is 16.7. The van der Waals surface area contributed by atoms with Crippen molar-refractivity contribution in [3.63, 3.8) is 0 Å². The third kappa shape index (κ3) is 4.78. The van der Waals surface area contributed by atoms with E-state index in [4.69, 9.17) is 4.74 Å². The van der Waals surface area contributed by atoms with E-state index < -0.39 is 11.6 Å². The monoisotopic (exact) mass is 376 g/mol. The Morgan fingerprint density at radius 3 is 2.18 bits per heavy atom. The summed E-state index contributed by atoms with van der Waals surface area (Å²) >= 11 is 0. The average molecular weight is 376 g/mol. The molecular weight excluding hydrogens is 348 g/mol. The number of rotatable bonds is 6. The standard InChI is InChI=1S/C25H28O3/c1-19(2)21-12-14-22(15-13-21)24(27)25(17-7-4-8-18-25)28-23(26)16-11-20-9-5-3-6-10-20/h3,5-6,9-16,19H,4,7-8,17-18H2,1-2H3. The number of ether oxygens (including phenoxy) is 1. The first-order valence-electron chi connectivity index (χ1n) is 10.1. The normalized spacial score (nSPS) is 16.2. The Balaban J connectivity index is 1.78. The summed E-state index contributed by atoms with van der Waals surface area (Å²) in [4.78, 5) is 25.8. The van der Waals surface area contributed by atoms with Gasteiger partial charge in [-0.05, 0) is 48.8 Å². The number of hydrogen-bond donors (Lipinski definition) is 0. The van der Waals surface area contributed by atoms with Gasteiger partial charge in [-0.15, -0.1) is 0 Å². The molecule has 1 fully saturated rings. The molecule has 3 rings (SSSR count). The Morgan fingerprint density at radius 1 is 0.929 bits per heavy atom. The van der Waals surface area contributed by atoms with Gasteiger partial charge in [0.2, 0.25) is 5.78 Å². The Kier molecular flexibility index (Phi) is 6.45. The van der Waals surface area contributed by atoms with Gasteiger partial charge in [0.05, 0.1) is 0 Å². The fourth-order valence-electron chi connectivity index (χ4n) is 3.74. The van der Waals surface area contributed by atoms with Gasteiger partial charge in [-0.3, -0.25) is 4.79 Å². The van der Waals surface area contributed by atoms with E-state index in [1.165, 1.54) is 11.6 Å². The van der Waals surface area contributed by atoms with Gasteiger partial charge in [-0.2, -0.15) is 0 Å². The minimum atomic E-state index is -1.05. The molecule has 1 aliphatic carbocycles. The number of Topliss-reactive ketones (excluding diaryl/α,β-unsaturated/α-hetero) is 1. The van der Waals surface area contributed by atoms with E-state index in [2.05, 4.69) is 13.8 Å². The van der Waals surface area contributed by atoms with E-state index in [-0.39, 0.29) is 5.78 Å². The first kappa shape index (κ1) is 20.1. The second-order valence-electron chi connectivity index (χ2n) is 7.83. The lowest BCUT2D eigenvalue weighted by molar-refractivity contribution is -0.151. The minimum Gasteiger partial charge on any atom is -0.447 e. The molecule has 0 spiro atoms. The summed E-state index contributed by atoms with van der Waals surface area (Å²) in [6, 6.07) is 17.3. The molecule has 146 valence electrons. The summed E-state index contributed by atoms with van der Waals surface area (Å²) < 4.78 is 5.82. The average Bonchev–Trinajstić information content (AvgIpc) is 2.73. The molecule has 0 radical (unpaired) electrons. The van der Waals surface area contributed by atoms with Gasteiger partial charge in [-0.25, -0.2) is 4.79 Å². The van der Waals surface area contributed by atoms with Crippen molar-refractivity contribution in [2.45, 2.75) is 57.5 Å². The highest BCUT2D eigenvalue weighted by atomic mass is 16.6. The Labute approximate surface area is 167 Å². The molecule has 28 heavy (non-hydrogen) atoms. The van der Waals surface area contributed by atoms with Crippen LogP contribution in [0.15, 0.2) is 60.7 Å². The molecule has 0 bridgehead atoms. The molecule has 2 aromatic carbocycles. The molecule has 0 atom stereocenters. The first-order chi connectivity index (χ1) is 13.5. The minimum absolute atomic E-state index is 0.0797. The second kappa shape index (κ2) is 9.01. The highest BCUT2D eigenvalue weighted by Gasteiger charge is 2.43. The third-order valence-corrected chi connectivity index (χ3v) is 5.42. The van der Waals surface area contributed by atoms with Crippen LogP contribution in [0.4, 0.5) is 0 Å². The molecule has 2 aromatic rings. The van der Waals surface area contributed by atoms with Gasteiger partial charge >= 0.3 is 5.97 Å². The van der Waals surface area contributed by atoms with Crippen LogP contribution in [0.25, 0.3) is 6.08 Å². The van der Waals surface area contributed by atoms with E-state index in [1.807, 2.05) is 54.6 Å². The van der Waals surface area contributed by atoms with Crippen LogP contribution in [0, 0.1) is 0 Å². The number of hydrogen-bond acceptors (Lipinski definition) is 3. The molecule has 1 saturated carbocycles. The molecule has 3 nitrogen and oxygen atoms in total. The van der Waals surface area contributed by atoms with Crippen LogP contribution in [0.1, 0.15) is 73.4 Å². The summed E-state index contributed by atoms with van der Waals surface area (Å²) in [6.45, 7) is 4.25. The smallest absolute Gasteiger partial charge is 0.331 e. The van der Waals surface area contributed by atoms with Crippen LogP contribution in [-0.4, -0.2) is 17.4 Å². The number of ketones is 1. The molecule has 3 heteroatoms. The first-order valence-corrected chi connectivity index (χ1v) is 10.1. The maximum absolute atomic E-state index is 13.3. The van der Waals surface area contributed by atoms with E-state index in [9.17, 15) is 9.59 Å². The summed E-state index contributed by atoms with van der Waals surface area (Å²) in [5, 5.41) is 0. The van der Waals surface area contributed by atoms with Crippen molar-refractivity contribution < 1.29 is 14.3 Å². The maximum atomic E-state index is 13.3. The van der Waals surface area contributed by atoms with Crippen molar-refractivity contribution in [2.75, 3.05) is 0 Å². The van der Waals surface area contributed by atoms with Crippen molar-refractivity contribution in [1.29, 1.82) is 0 Å². The second-order valence-corrected chi connectivity index (χ2v) is 7.83. The van der Waals surface area contributed by atoms with E-state index >= 15 is 0 Å². The zero-order chi connectivity index (χ0) is 20.0. The highest BCUT2D eigenvalue weighted by molar-refractivity contribution is 6.04. The van der Waals surface area contributed by atoms with Crippen molar-refractivity contribution in [3.05, 3.63) is 77.4 Å². The molecule has 0 heterocycles. The van der Waals surface area contributed by atoms with Crippen LogP contribution in [-0.2, 0) is 9.53 Å². The molecule has 0 aromatic heterocycles. The van der Waals surface area contributed by atoms with Gasteiger partial charge < -0.3 is 4.74 Å². The number of carbonyl (C=O) groups excluding carboxylic acids is 2.